The third-order valence-electron chi connectivity index (χ3n) is 2.90. The minimum atomic E-state index is 0.106. The van der Waals surface area contributed by atoms with Crippen LogP contribution in [-0.4, -0.2) is 12.3 Å². The van der Waals surface area contributed by atoms with E-state index in [0.717, 1.165) is 21.7 Å². The van der Waals surface area contributed by atoms with Gasteiger partial charge in [0.2, 0.25) is 0 Å². The second-order valence-electron chi connectivity index (χ2n) is 4.52. The Balaban J connectivity index is 1.84. The third-order valence-corrected chi connectivity index (χ3v) is 3.15. The second-order valence-corrected chi connectivity index (χ2v) is 4.96. The highest BCUT2D eigenvalue weighted by atomic mass is 35.5. The van der Waals surface area contributed by atoms with Crippen LogP contribution in [-0.2, 0) is 6.54 Å². The van der Waals surface area contributed by atoms with Crippen molar-refractivity contribution in [2.45, 2.75) is 13.5 Å². The Morgan fingerprint density at radius 1 is 1.05 bits per heavy atom. The number of nitrogens with one attached hydrogen (secondary N) is 1. The van der Waals surface area contributed by atoms with E-state index in [9.17, 15) is 4.79 Å². The molecule has 0 aliphatic heterocycles. The zero-order valence-corrected chi connectivity index (χ0v) is 11.6. The van der Waals surface area contributed by atoms with E-state index in [4.69, 9.17) is 11.6 Å². The topological polar surface area (TPSA) is 29.1 Å². The number of halogens is 1. The molecule has 0 fully saturated rings. The molecule has 98 valence electrons. The van der Waals surface area contributed by atoms with Crippen molar-refractivity contribution < 1.29 is 4.79 Å². The molecule has 3 heteroatoms. The second kappa shape index (κ2) is 6.50. The van der Waals surface area contributed by atoms with Gasteiger partial charge in [0.05, 0.1) is 6.54 Å². The molecular weight excluding hydrogens is 258 g/mol. The minimum absolute atomic E-state index is 0.106. The zero-order valence-electron chi connectivity index (χ0n) is 10.8. The summed E-state index contributed by atoms with van der Waals surface area (Å²) in [6.07, 6.45) is 0. The number of carbonyl (C=O) groups is 1. The van der Waals surface area contributed by atoms with Gasteiger partial charge in [-0.05, 0) is 24.6 Å². The van der Waals surface area contributed by atoms with Gasteiger partial charge in [-0.25, -0.2) is 0 Å². The first-order valence-electron chi connectivity index (χ1n) is 6.20. The molecule has 0 aliphatic carbocycles. The molecule has 0 atom stereocenters. The summed E-state index contributed by atoms with van der Waals surface area (Å²) in [5.74, 6) is 0.106. The van der Waals surface area contributed by atoms with E-state index in [1.54, 1.807) is 0 Å². The summed E-state index contributed by atoms with van der Waals surface area (Å²) in [5, 5.41) is 3.86. The first-order valence-corrected chi connectivity index (χ1v) is 6.58. The van der Waals surface area contributed by atoms with Crippen LogP contribution in [0.3, 0.4) is 0 Å². The number of carbonyl (C=O) groups excluding carboxylic acids is 1. The number of rotatable bonds is 5. The van der Waals surface area contributed by atoms with Gasteiger partial charge in [0.1, 0.15) is 0 Å². The summed E-state index contributed by atoms with van der Waals surface area (Å²) in [7, 11) is 0. The van der Waals surface area contributed by atoms with Crippen LogP contribution in [0.2, 0.25) is 5.02 Å². The van der Waals surface area contributed by atoms with Gasteiger partial charge in [-0.3, -0.25) is 4.79 Å². The van der Waals surface area contributed by atoms with E-state index < -0.39 is 0 Å². The van der Waals surface area contributed by atoms with E-state index in [1.165, 1.54) is 0 Å². The monoisotopic (exact) mass is 273 g/mol. The van der Waals surface area contributed by atoms with E-state index >= 15 is 0 Å². The smallest absolute Gasteiger partial charge is 0.176 e. The van der Waals surface area contributed by atoms with Crippen LogP contribution < -0.4 is 5.32 Å². The van der Waals surface area contributed by atoms with Crippen molar-refractivity contribution in [3.63, 3.8) is 0 Å². The molecular formula is C16H16ClNO. The quantitative estimate of drug-likeness (QED) is 0.843. The van der Waals surface area contributed by atoms with E-state index in [0.29, 0.717) is 13.1 Å². The Morgan fingerprint density at radius 2 is 1.68 bits per heavy atom. The summed E-state index contributed by atoms with van der Waals surface area (Å²) in [6, 6.07) is 15.2. The van der Waals surface area contributed by atoms with Gasteiger partial charge >= 0.3 is 0 Å². The Labute approximate surface area is 118 Å². The normalized spacial score (nSPS) is 10.4. The predicted molar refractivity (Wildman–Crippen MR) is 78.7 cm³/mol. The van der Waals surface area contributed by atoms with Gasteiger partial charge < -0.3 is 5.32 Å². The highest BCUT2D eigenvalue weighted by molar-refractivity contribution is 6.30. The zero-order chi connectivity index (χ0) is 13.7. The Kier molecular flexibility index (Phi) is 4.72. The summed E-state index contributed by atoms with van der Waals surface area (Å²) in [5.41, 5.74) is 3.01. The van der Waals surface area contributed by atoms with E-state index in [1.807, 2.05) is 55.5 Å². The molecule has 0 amide bonds. The molecule has 2 rings (SSSR count). The van der Waals surface area contributed by atoms with Gasteiger partial charge in [-0.1, -0.05) is 53.6 Å². The van der Waals surface area contributed by atoms with Crippen molar-refractivity contribution in [1.29, 1.82) is 0 Å². The fraction of sp³-hybridized carbons (Fsp3) is 0.188. The molecule has 0 saturated heterocycles. The van der Waals surface area contributed by atoms with Crippen LogP contribution in [0.4, 0.5) is 0 Å². The molecule has 2 aromatic rings. The first kappa shape index (κ1) is 13.8. The van der Waals surface area contributed by atoms with E-state index in [2.05, 4.69) is 5.32 Å². The molecule has 0 saturated carbocycles. The number of ketones is 1. The maximum Gasteiger partial charge on any atom is 0.176 e. The fourth-order valence-corrected chi connectivity index (χ4v) is 1.89. The van der Waals surface area contributed by atoms with Gasteiger partial charge in [0.15, 0.2) is 5.78 Å². The number of benzene rings is 2. The first-order chi connectivity index (χ1) is 9.15. The Bertz CT molecular complexity index is 546. The minimum Gasteiger partial charge on any atom is -0.306 e. The SMILES string of the molecule is Cc1ccc(C(=O)CNCc2ccc(Cl)cc2)cc1. The van der Waals surface area contributed by atoms with Crippen LogP contribution in [0.25, 0.3) is 0 Å². The predicted octanol–water partition coefficient (Wildman–Crippen LogP) is 3.62. The number of hydrogen-bond acceptors (Lipinski definition) is 2. The molecule has 1 N–H and O–H groups in total. The highest BCUT2D eigenvalue weighted by Crippen LogP contribution is 2.09. The molecule has 2 aromatic carbocycles. The van der Waals surface area contributed by atoms with Crippen LogP contribution in [0.5, 0.6) is 0 Å². The average molecular weight is 274 g/mol. The highest BCUT2D eigenvalue weighted by Gasteiger charge is 2.04. The lowest BCUT2D eigenvalue weighted by Crippen LogP contribution is -2.22. The van der Waals surface area contributed by atoms with Crippen LogP contribution in [0, 0.1) is 6.92 Å². The number of hydrogen-bond donors (Lipinski definition) is 1. The van der Waals surface area contributed by atoms with Crippen molar-refractivity contribution in [3.05, 3.63) is 70.2 Å². The largest absolute Gasteiger partial charge is 0.306 e. The molecule has 2 nitrogen and oxygen atoms in total. The van der Waals surface area contributed by atoms with Gasteiger partial charge in [-0.2, -0.15) is 0 Å². The fourth-order valence-electron chi connectivity index (χ4n) is 1.76. The lowest BCUT2D eigenvalue weighted by atomic mass is 10.1. The van der Waals surface area contributed by atoms with Gasteiger partial charge in [0.25, 0.3) is 0 Å². The lowest BCUT2D eigenvalue weighted by molar-refractivity contribution is 0.0991. The molecule has 0 aliphatic rings. The summed E-state index contributed by atoms with van der Waals surface area (Å²) in [4.78, 5) is 11.9. The Morgan fingerprint density at radius 3 is 2.32 bits per heavy atom. The standard InChI is InChI=1S/C16H16ClNO/c1-12-2-6-14(7-3-12)16(19)11-18-10-13-4-8-15(17)9-5-13/h2-9,18H,10-11H2,1H3. The van der Waals surface area contributed by atoms with Crippen molar-refractivity contribution in [2.24, 2.45) is 0 Å². The number of aryl methyl sites for hydroxylation is 1. The van der Waals surface area contributed by atoms with Gasteiger partial charge in [0, 0.05) is 17.1 Å². The number of Topliss-reactive ketones (excluding diaryl/α,β-unsaturated/α-hetero) is 1. The van der Waals surface area contributed by atoms with Crippen molar-refractivity contribution >= 4 is 17.4 Å². The summed E-state index contributed by atoms with van der Waals surface area (Å²) in [6.45, 7) is 3.01. The van der Waals surface area contributed by atoms with Crippen LogP contribution in [0.1, 0.15) is 21.5 Å². The molecule has 19 heavy (non-hydrogen) atoms. The molecule has 0 unspecified atom stereocenters. The average Bonchev–Trinajstić information content (AvgIpc) is 2.41. The van der Waals surface area contributed by atoms with Crippen LogP contribution >= 0.6 is 11.6 Å². The Hall–Kier alpha value is -1.64. The molecule has 0 aromatic heterocycles. The third kappa shape index (κ3) is 4.19. The molecule has 0 radical (unpaired) electrons. The molecule has 0 spiro atoms. The van der Waals surface area contributed by atoms with Gasteiger partial charge in [-0.15, -0.1) is 0 Å². The van der Waals surface area contributed by atoms with Crippen molar-refractivity contribution in [3.8, 4) is 0 Å². The van der Waals surface area contributed by atoms with Crippen molar-refractivity contribution in [2.75, 3.05) is 6.54 Å². The van der Waals surface area contributed by atoms with Crippen molar-refractivity contribution in [1.82, 2.24) is 5.32 Å². The maximum atomic E-state index is 11.9. The van der Waals surface area contributed by atoms with Crippen LogP contribution in [0.15, 0.2) is 48.5 Å². The molecule has 0 heterocycles. The molecule has 0 bridgehead atoms. The van der Waals surface area contributed by atoms with E-state index in [-0.39, 0.29) is 5.78 Å². The lowest BCUT2D eigenvalue weighted by Gasteiger charge is -2.05. The summed E-state index contributed by atoms with van der Waals surface area (Å²) < 4.78 is 0. The summed E-state index contributed by atoms with van der Waals surface area (Å²) >= 11 is 5.81. The maximum absolute atomic E-state index is 11.9.